The van der Waals surface area contributed by atoms with Gasteiger partial charge < -0.3 is 51.8 Å². The van der Waals surface area contributed by atoms with Crippen molar-refractivity contribution >= 4 is 5.97 Å². The van der Waals surface area contributed by atoms with E-state index < -0.39 is 35.6 Å². The SMILES string of the molecule is CCCCCC1C=CC(CCCCCC(C(=O)O)C(O)CCC2(O)CC(CC3=CCNC(N)=C3)CC2C(O)c2ccc(-c3cc(O)cc(O)c3Cc3ccccc3)[nH]2)C(O)C1. The molecule has 3 aromatic rings. The third-order valence-corrected chi connectivity index (χ3v) is 13.6. The fourth-order valence-electron chi connectivity index (χ4n) is 10.2. The number of aromatic nitrogens is 1. The molecule has 11 nitrogen and oxygen atoms in total. The molecule has 11 N–H and O–H groups in total. The summed E-state index contributed by atoms with van der Waals surface area (Å²) in [4.78, 5) is 15.8. The Morgan fingerprint density at radius 1 is 0.951 bits per heavy atom. The standard InChI is InChI=1S/C50H69N3O8/c1-2-3-6-11-33-16-17-36(45(56)27-33)14-9-5-10-15-38(49(59)60)44(55)20-22-50(61)31-35(24-34-21-23-52-47(51)28-34)26-41(50)48(58)43-19-18-42(53-43)39-29-37(54)30-46(57)40(39)25-32-12-7-4-8-13-32/h4,7-8,12-13,16-19,21,28-30,33,35-36,38,41,44-45,48,52-58,61H,2-3,5-6,9-11,14-15,20,22-27,31,51H2,1H3,(H,59,60). The summed E-state index contributed by atoms with van der Waals surface area (Å²) in [5.74, 6) is -1.71. The van der Waals surface area contributed by atoms with Crippen LogP contribution >= 0.6 is 0 Å². The van der Waals surface area contributed by atoms with E-state index in [1.54, 1.807) is 18.2 Å². The van der Waals surface area contributed by atoms with Crippen LogP contribution in [0.25, 0.3) is 11.3 Å². The van der Waals surface area contributed by atoms with Crippen LogP contribution in [0.5, 0.6) is 11.5 Å². The second-order valence-corrected chi connectivity index (χ2v) is 18.2. The first-order valence-electron chi connectivity index (χ1n) is 22.7. The topological polar surface area (TPSA) is 213 Å². The molecule has 332 valence electrons. The van der Waals surface area contributed by atoms with Gasteiger partial charge in [-0.25, -0.2) is 0 Å². The number of nitrogens with one attached hydrogen (secondary N) is 2. The number of aromatic hydroxyl groups is 2. The average Bonchev–Trinajstić information content (AvgIpc) is 3.85. The first-order chi connectivity index (χ1) is 29.3. The highest BCUT2D eigenvalue weighted by Gasteiger charge is 2.50. The Balaban J connectivity index is 1.11. The number of aliphatic hydroxyl groups excluding tert-OH is 3. The number of unbranched alkanes of at least 4 members (excludes halogenated alkanes) is 4. The van der Waals surface area contributed by atoms with E-state index in [0.717, 1.165) is 43.2 Å². The van der Waals surface area contributed by atoms with Crippen molar-refractivity contribution in [2.45, 2.75) is 134 Å². The van der Waals surface area contributed by atoms with Gasteiger partial charge >= 0.3 is 5.97 Å². The molecule has 1 aliphatic heterocycles. The number of carbonyl (C=O) groups is 1. The van der Waals surface area contributed by atoms with Crippen molar-refractivity contribution in [1.82, 2.24) is 10.3 Å². The van der Waals surface area contributed by atoms with E-state index in [0.29, 0.717) is 79.3 Å². The van der Waals surface area contributed by atoms with Gasteiger partial charge in [-0.1, -0.05) is 94.0 Å². The van der Waals surface area contributed by atoms with Crippen molar-refractivity contribution in [2.75, 3.05) is 6.54 Å². The zero-order valence-corrected chi connectivity index (χ0v) is 35.8. The lowest BCUT2D eigenvalue weighted by Gasteiger charge is -2.34. The first-order valence-corrected chi connectivity index (χ1v) is 22.7. The van der Waals surface area contributed by atoms with Crippen LogP contribution < -0.4 is 11.1 Å². The van der Waals surface area contributed by atoms with Crippen LogP contribution in [0.15, 0.2) is 90.3 Å². The van der Waals surface area contributed by atoms with E-state index in [-0.39, 0.29) is 42.3 Å². The number of aliphatic hydroxyl groups is 4. The van der Waals surface area contributed by atoms with Gasteiger partial charge in [0.1, 0.15) is 11.5 Å². The van der Waals surface area contributed by atoms with Crippen LogP contribution in [-0.4, -0.2) is 71.1 Å². The highest BCUT2D eigenvalue weighted by atomic mass is 16.4. The maximum Gasteiger partial charge on any atom is 0.309 e. The van der Waals surface area contributed by atoms with E-state index in [9.17, 15) is 40.5 Å². The van der Waals surface area contributed by atoms with Gasteiger partial charge in [0.15, 0.2) is 0 Å². The minimum Gasteiger partial charge on any atom is -0.508 e. The summed E-state index contributed by atoms with van der Waals surface area (Å²) < 4.78 is 0. The Morgan fingerprint density at radius 3 is 2.48 bits per heavy atom. The number of hydrogen-bond acceptors (Lipinski definition) is 9. The Hall–Kier alpha value is -4.55. The summed E-state index contributed by atoms with van der Waals surface area (Å²) in [7, 11) is 0. The second-order valence-electron chi connectivity index (χ2n) is 18.2. The number of phenolic OH excluding ortho intramolecular Hbond substituents is 2. The largest absolute Gasteiger partial charge is 0.508 e. The number of phenols is 2. The fraction of sp³-hybridized carbons (Fsp3) is 0.540. The number of H-pyrrole nitrogens is 1. The number of rotatable bonds is 22. The summed E-state index contributed by atoms with van der Waals surface area (Å²) in [5.41, 5.74) is 8.92. The number of aromatic amines is 1. The molecule has 11 heteroatoms. The molecule has 61 heavy (non-hydrogen) atoms. The monoisotopic (exact) mass is 840 g/mol. The van der Waals surface area contributed by atoms with Crippen LogP contribution in [0.3, 0.4) is 0 Å². The predicted octanol–water partition coefficient (Wildman–Crippen LogP) is 8.12. The Labute approximate surface area is 361 Å². The molecule has 0 spiro atoms. The number of benzene rings is 2. The molecule has 6 rings (SSSR count). The second kappa shape index (κ2) is 21.5. The normalized spacial score (nSPS) is 25.4. The Bertz CT molecular complexity index is 1980. The highest BCUT2D eigenvalue weighted by molar-refractivity contribution is 5.71. The minimum absolute atomic E-state index is 0.00939. The number of hydrogen-bond donors (Lipinski definition) is 10. The van der Waals surface area contributed by atoms with E-state index in [2.05, 4.69) is 35.5 Å². The smallest absolute Gasteiger partial charge is 0.309 e. The first kappa shape index (κ1) is 46.0. The summed E-state index contributed by atoms with van der Waals surface area (Å²) in [5, 5.41) is 81.4. The van der Waals surface area contributed by atoms with Gasteiger partial charge in [-0.15, -0.1) is 0 Å². The van der Waals surface area contributed by atoms with Gasteiger partial charge in [-0.2, -0.15) is 0 Å². The van der Waals surface area contributed by atoms with E-state index in [1.807, 2.05) is 36.4 Å². The highest BCUT2D eigenvalue weighted by Crippen LogP contribution is 2.51. The molecule has 0 bridgehead atoms. The van der Waals surface area contributed by atoms with Crippen LogP contribution in [0.2, 0.25) is 0 Å². The van der Waals surface area contributed by atoms with E-state index >= 15 is 0 Å². The molecule has 2 aromatic carbocycles. The molecule has 1 aromatic heterocycles. The molecule has 0 amide bonds. The number of allylic oxidation sites excluding steroid dienone is 3. The summed E-state index contributed by atoms with van der Waals surface area (Å²) in [6, 6.07) is 16.1. The molecule has 1 fully saturated rings. The lowest BCUT2D eigenvalue weighted by Crippen LogP contribution is -2.39. The van der Waals surface area contributed by atoms with Crippen molar-refractivity contribution < 1.29 is 40.5 Å². The van der Waals surface area contributed by atoms with E-state index in [4.69, 9.17) is 5.73 Å². The maximum absolute atomic E-state index is 12.5. The molecule has 9 atom stereocenters. The van der Waals surface area contributed by atoms with Gasteiger partial charge in [-0.3, -0.25) is 4.79 Å². The van der Waals surface area contributed by atoms with Gasteiger partial charge in [0.05, 0.1) is 35.7 Å². The van der Waals surface area contributed by atoms with E-state index in [1.165, 1.54) is 25.3 Å². The van der Waals surface area contributed by atoms with Crippen molar-refractivity contribution in [2.24, 2.45) is 35.3 Å². The summed E-state index contributed by atoms with van der Waals surface area (Å²) in [6.45, 7) is 2.80. The number of carboxylic acids is 1. The molecule has 0 radical (unpaired) electrons. The Kier molecular flexibility index (Phi) is 16.2. The van der Waals surface area contributed by atoms with Gasteiger partial charge in [0.25, 0.3) is 0 Å². The molecule has 0 saturated heterocycles. The molecular weight excluding hydrogens is 771 g/mol. The molecular formula is C50H69N3O8. The fourth-order valence-corrected chi connectivity index (χ4v) is 10.2. The molecule has 3 aliphatic rings. The number of dihydropyridines is 1. The third kappa shape index (κ3) is 12.3. The minimum atomic E-state index is -1.41. The quantitative estimate of drug-likeness (QED) is 0.0347. The van der Waals surface area contributed by atoms with Gasteiger partial charge in [0.2, 0.25) is 0 Å². The van der Waals surface area contributed by atoms with Gasteiger partial charge in [-0.05, 0) is 105 Å². The summed E-state index contributed by atoms with van der Waals surface area (Å²) in [6.07, 6.45) is 16.8. The zero-order chi connectivity index (χ0) is 43.5. The predicted molar refractivity (Wildman–Crippen MR) is 238 cm³/mol. The molecule has 9 unspecified atom stereocenters. The number of nitrogens with two attached hydrogens (primary N) is 1. The van der Waals surface area contributed by atoms with Gasteiger partial charge in [0, 0.05) is 53.4 Å². The van der Waals surface area contributed by atoms with Crippen molar-refractivity contribution in [3.05, 3.63) is 107 Å². The van der Waals surface area contributed by atoms with Crippen molar-refractivity contribution in [3.8, 4) is 22.8 Å². The van der Waals surface area contributed by atoms with Crippen LogP contribution in [0.4, 0.5) is 0 Å². The average molecular weight is 840 g/mol. The maximum atomic E-state index is 12.5. The third-order valence-electron chi connectivity index (χ3n) is 13.6. The number of carboxylic acid groups (broad SMARTS) is 1. The lowest BCUT2D eigenvalue weighted by atomic mass is 9.79. The Morgan fingerprint density at radius 2 is 1.74 bits per heavy atom. The lowest BCUT2D eigenvalue weighted by molar-refractivity contribution is -0.147. The summed E-state index contributed by atoms with van der Waals surface area (Å²) >= 11 is 0. The molecule has 2 heterocycles. The van der Waals surface area contributed by atoms with Crippen molar-refractivity contribution in [1.29, 1.82) is 0 Å². The number of aliphatic carboxylic acids is 1. The molecule has 1 saturated carbocycles. The van der Waals surface area contributed by atoms with Crippen LogP contribution in [-0.2, 0) is 11.2 Å². The van der Waals surface area contributed by atoms with Crippen LogP contribution in [0, 0.1) is 29.6 Å². The molecule has 2 aliphatic carbocycles. The van der Waals surface area contributed by atoms with Crippen LogP contribution in [0.1, 0.15) is 126 Å². The zero-order valence-electron chi connectivity index (χ0n) is 35.8. The van der Waals surface area contributed by atoms with Crippen molar-refractivity contribution in [3.63, 3.8) is 0 Å².